The lowest BCUT2D eigenvalue weighted by Gasteiger charge is -2.15. The second-order valence-corrected chi connectivity index (χ2v) is 6.37. The van der Waals surface area contributed by atoms with Crippen LogP contribution in [0.5, 0.6) is 5.75 Å². The maximum Gasteiger partial charge on any atom is 0.259 e. The Morgan fingerprint density at radius 1 is 1.04 bits per heavy atom. The van der Waals surface area contributed by atoms with Gasteiger partial charge < -0.3 is 20.8 Å². The third kappa shape index (κ3) is 2.23. The SMILES string of the molecule is COc1ccc2c(c1)C(=O)c1c-2n(CCCN)c(=O)c2cc(N)ccc12. The van der Waals surface area contributed by atoms with Gasteiger partial charge in [0.2, 0.25) is 0 Å². The predicted octanol–water partition coefficient (Wildman–Crippen LogP) is 2.15. The van der Waals surface area contributed by atoms with Gasteiger partial charge in [0.05, 0.1) is 18.4 Å². The number of nitrogen functional groups attached to an aromatic ring is 1. The van der Waals surface area contributed by atoms with Crippen molar-refractivity contribution in [2.24, 2.45) is 5.73 Å². The zero-order chi connectivity index (χ0) is 18.4. The number of ketones is 1. The Labute approximate surface area is 150 Å². The lowest BCUT2D eigenvalue weighted by molar-refractivity contribution is 0.104. The number of methoxy groups -OCH3 is 1. The first-order valence-corrected chi connectivity index (χ1v) is 8.46. The molecule has 0 amide bonds. The molecule has 6 heteroatoms. The fourth-order valence-electron chi connectivity index (χ4n) is 3.62. The van der Waals surface area contributed by atoms with Crippen molar-refractivity contribution in [2.75, 3.05) is 19.4 Å². The van der Waals surface area contributed by atoms with Crippen LogP contribution in [0.15, 0.2) is 41.2 Å². The standard InChI is InChI=1S/C20H19N3O3/c1-26-12-4-6-14-15(10-12)19(24)17-13-5-3-11(22)9-16(13)20(25)23(18(14)17)8-2-7-21/h3-6,9-10H,2,7-8,21-22H2,1H3. The number of carbonyl (C=O) groups is 1. The van der Waals surface area contributed by atoms with Crippen molar-refractivity contribution >= 4 is 22.2 Å². The Kier molecular flexibility index (Phi) is 3.77. The van der Waals surface area contributed by atoms with E-state index >= 15 is 0 Å². The first-order valence-electron chi connectivity index (χ1n) is 8.46. The predicted molar refractivity (Wildman–Crippen MR) is 102 cm³/mol. The largest absolute Gasteiger partial charge is 0.497 e. The van der Waals surface area contributed by atoms with E-state index in [2.05, 4.69) is 0 Å². The van der Waals surface area contributed by atoms with E-state index in [4.69, 9.17) is 16.2 Å². The van der Waals surface area contributed by atoms with E-state index in [1.165, 1.54) is 0 Å². The zero-order valence-electron chi connectivity index (χ0n) is 14.4. The smallest absolute Gasteiger partial charge is 0.259 e. The van der Waals surface area contributed by atoms with Crippen molar-refractivity contribution in [1.82, 2.24) is 4.57 Å². The van der Waals surface area contributed by atoms with Gasteiger partial charge >= 0.3 is 0 Å². The topological polar surface area (TPSA) is 100 Å². The molecule has 1 aromatic heterocycles. The number of carbonyl (C=O) groups excluding carboxylic acids is 1. The van der Waals surface area contributed by atoms with Crippen LogP contribution in [0.3, 0.4) is 0 Å². The van der Waals surface area contributed by atoms with Crippen LogP contribution in [-0.2, 0) is 6.54 Å². The van der Waals surface area contributed by atoms with Crippen LogP contribution in [0.4, 0.5) is 5.69 Å². The second-order valence-electron chi connectivity index (χ2n) is 6.37. The molecule has 0 unspecified atom stereocenters. The fourth-order valence-corrected chi connectivity index (χ4v) is 3.62. The van der Waals surface area contributed by atoms with E-state index < -0.39 is 0 Å². The number of aromatic nitrogens is 1. The lowest BCUT2D eigenvalue weighted by Crippen LogP contribution is -2.24. The van der Waals surface area contributed by atoms with Gasteiger partial charge in [-0.25, -0.2) is 0 Å². The highest BCUT2D eigenvalue weighted by molar-refractivity contribution is 6.27. The number of anilines is 1. The molecule has 0 atom stereocenters. The van der Waals surface area contributed by atoms with Crippen LogP contribution in [0.2, 0.25) is 0 Å². The van der Waals surface area contributed by atoms with E-state index in [0.29, 0.717) is 58.5 Å². The molecule has 1 aliphatic rings. The Balaban J connectivity index is 2.12. The molecular formula is C20H19N3O3. The van der Waals surface area contributed by atoms with Crippen LogP contribution in [0.25, 0.3) is 22.0 Å². The Bertz CT molecular complexity index is 1120. The Morgan fingerprint density at radius 2 is 1.85 bits per heavy atom. The Morgan fingerprint density at radius 3 is 2.58 bits per heavy atom. The number of hydrogen-bond acceptors (Lipinski definition) is 5. The van der Waals surface area contributed by atoms with E-state index in [-0.39, 0.29) is 11.3 Å². The number of nitrogens with zero attached hydrogens (tertiary/aromatic N) is 1. The number of benzene rings is 2. The van der Waals surface area contributed by atoms with Gasteiger partial charge in [0.1, 0.15) is 5.75 Å². The molecule has 4 rings (SSSR count). The molecular weight excluding hydrogens is 330 g/mol. The molecule has 0 bridgehead atoms. The van der Waals surface area contributed by atoms with Gasteiger partial charge in [-0.05, 0) is 43.3 Å². The van der Waals surface area contributed by atoms with Gasteiger partial charge in [-0.3, -0.25) is 9.59 Å². The highest BCUT2D eigenvalue weighted by Gasteiger charge is 2.32. The molecule has 0 fully saturated rings. The van der Waals surface area contributed by atoms with Crippen LogP contribution < -0.4 is 21.8 Å². The van der Waals surface area contributed by atoms with Gasteiger partial charge in [0.15, 0.2) is 5.78 Å². The average molecular weight is 349 g/mol. The lowest BCUT2D eigenvalue weighted by atomic mass is 10.0. The van der Waals surface area contributed by atoms with Gasteiger partial charge in [0, 0.05) is 34.1 Å². The van der Waals surface area contributed by atoms with Gasteiger partial charge in [-0.2, -0.15) is 0 Å². The molecule has 0 spiro atoms. The molecule has 0 aliphatic heterocycles. The number of ether oxygens (including phenoxy) is 1. The molecule has 132 valence electrons. The van der Waals surface area contributed by atoms with E-state index in [1.54, 1.807) is 42.0 Å². The van der Waals surface area contributed by atoms with Crippen LogP contribution in [0.1, 0.15) is 22.3 Å². The number of hydrogen-bond donors (Lipinski definition) is 2. The summed E-state index contributed by atoms with van der Waals surface area (Å²) in [4.78, 5) is 26.3. The minimum Gasteiger partial charge on any atom is -0.497 e. The van der Waals surface area contributed by atoms with Gasteiger partial charge in [-0.15, -0.1) is 0 Å². The summed E-state index contributed by atoms with van der Waals surface area (Å²) in [7, 11) is 1.56. The van der Waals surface area contributed by atoms with Crippen molar-refractivity contribution in [3.63, 3.8) is 0 Å². The van der Waals surface area contributed by atoms with Gasteiger partial charge in [-0.1, -0.05) is 6.07 Å². The summed E-state index contributed by atoms with van der Waals surface area (Å²) < 4.78 is 6.91. The number of fused-ring (bicyclic) bond motifs is 5. The fraction of sp³-hybridized carbons (Fsp3) is 0.200. The highest BCUT2D eigenvalue weighted by Crippen LogP contribution is 2.41. The van der Waals surface area contributed by atoms with Crippen LogP contribution in [0, 0.1) is 0 Å². The minimum absolute atomic E-state index is 0.106. The normalized spacial score (nSPS) is 12.3. The summed E-state index contributed by atoms with van der Waals surface area (Å²) in [5.74, 6) is 0.500. The van der Waals surface area contributed by atoms with E-state index in [0.717, 1.165) is 5.56 Å². The molecule has 26 heavy (non-hydrogen) atoms. The molecule has 0 saturated carbocycles. The number of pyridine rings is 1. The molecule has 1 heterocycles. The second kappa shape index (κ2) is 6.00. The molecule has 3 aromatic rings. The molecule has 2 aromatic carbocycles. The first-order chi connectivity index (χ1) is 12.6. The number of nitrogens with two attached hydrogens (primary N) is 2. The van der Waals surface area contributed by atoms with Crippen molar-refractivity contribution in [1.29, 1.82) is 0 Å². The molecule has 6 nitrogen and oxygen atoms in total. The highest BCUT2D eigenvalue weighted by atomic mass is 16.5. The average Bonchev–Trinajstić information content (AvgIpc) is 2.94. The van der Waals surface area contributed by atoms with Crippen LogP contribution >= 0.6 is 0 Å². The molecule has 0 radical (unpaired) electrons. The number of rotatable bonds is 4. The molecule has 4 N–H and O–H groups in total. The molecule has 0 saturated heterocycles. The third-order valence-corrected chi connectivity index (χ3v) is 4.83. The maximum absolute atomic E-state index is 13.2. The third-order valence-electron chi connectivity index (χ3n) is 4.83. The summed E-state index contributed by atoms with van der Waals surface area (Å²) in [6.45, 7) is 0.904. The van der Waals surface area contributed by atoms with Crippen molar-refractivity contribution in [2.45, 2.75) is 13.0 Å². The summed E-state index contributed by atoms with van der Waals surface area (Å²) in [5.41, 5.74) is 14.4. The van der Waals surface area contributed by atoms with Crippen molar-refractivity contribution in [3.8, 4) is 17.0 Å². The van der Waals surface area contributed by atoms with E-state index in [1.807, 2.05) is 6.07 Å². The summed E-state index contributed by atoms with van der Waals surface area (Å²) >= 11 is 0. The first kappa shape index (κ1) is 16.4. The summed E-state index contributed by atoms with van der Waals surface area (Å²) in [6, 6.07) is 10.4. The quantitative estimate of drug-likeness (QED) is 0.550. The summed E-state index contributed by atoms with van der Waals surface area (Å²) in [5, 5.41) is 1.08. The minimum atomic E-state index is -0.157. The van der Waals surface area contributed by atoms with Crippen molar-refractivity contribution in [3.05, 3.63) is 57.9 Å². The van der Waals surface area contributed by atoms with Gasteiger partial charge in [0.25, 0.3) is 5.56 Å². The monoisotopic (exact) mass is 349 g/mol. The van der Waals surface area contributed by atoms with Crippen molar-refractivity contribution < 1.29 is 9.53 Å². The van der Waals surface area contributed by atoms with Crippen LogP contribution in [-0.4, -0.2) is 24.0 Å². The Hall–Kier alpha value is -3.12. The maximum atomic E-state index is 13.2. The molecule has 1 aliphatic carbocycles. The summed E-state index contributed by atoms with van der Waals surface area (Å²) in [6.07, 6.45) is 0.639. The van der Waals surface area contributed by atoms with E-state index in [9.17, 15) is 9.59 Å². The zero-order valence-corrected chi connectivity index (χ0v) is 14.4.